The Labute approximate surface area is 95.8 Å². The van der Waals surface area contributed by atoms with Gasteiger partial charge in [-0.3, -0.25) is 9.59 Å². The highest BCUT2D eigenvalue weighted by Crippen LogP contribution is 2.27. The molecule has 4 heteroatoms. The van der Waals surface area contributed by atoms with Crippen molar-refractivity contribution in [2.24, 2.45) is 5.73 Å². The fourth-order valence-electron chi connectivity index (χ4n) is 1.82. The van der Waals surface area contributed by atoms with Gasteiger partial charge < -0.3 is 5.73 Å². The number of Topliss-reactive ketones (excluding diaryl/α,β-unsaturated/α-hetero) is 1. The summed E-state index contributed by atoms with van der Waals surface area (Å²) in [6, 6.07) is 5.45. The van der Waals surface area contributed by atoms with Crippen molar-refractivity contribution < 1.29 is 9.59 Å². The van der Waals surface area contributed by atoms with Crippen molar-refractivity contribution >= 4 is 27.6 Å². The van der Waals surface area contributed by atoms with Crippen LogP contribution >= 0.6 is 15.9 Å². The maximum atomic E-state index is 11.6. The standard InChI is InChI=1S/C11H10BrNO2/c12-9-5-7-3-6(4-10(13)14)1-2-8(7)11(9)15/h1-3,9H,4-5H2,(H2,13,14). The molecule has 0 heterocycles. The molecule has 15 heavy (non-hydrogen) atoms. The average molecular weight is 268 g/mol. The van der Waals surface area contributed by atoms with Crippen molar-refractivity contribution in [2.45, 2.75) is 17.7 Å². The van der Waals surface area contributed by atoms with Crippen LogP contribution in [0.2, 0.25) is 0 Å². The molecule has 0 bridgehead atoms. The first kappa shape index (κ1) is 10.4. The number of alkyl halides is 1. The zero-order chi connectivity index (χ0) is 11.0. The van der Waals surface area contributed by atoms with E-state index >= 15 is 0 Å². The van der Waals surface area contributed by atoms with Gasteiger partial charge >= 0.3 is 0 Å². The molecule has 1 aromatic carbocycles. The zero-order valence-electron chi connectivity index (χ0n) is 8.00. The lowest BCUT2D eigenvalue weighted by Crippen LogP contribution is -2.13. The summed E-state index contributed by atoms with van der Waals surface area (Å²) >= 11 is 3.32. The first-order valence-electron chi connectivity index (χ1n) is 4.66. The second-order valence-electron chi connectivity index (χ2n) is 3.67. The van der Waals surface area contributed by atoms with E-state index in [1.54, 1.807) is 12.1 Å². The number of amides is 1. The molecule has 1 aliphatic carbocycles. The summed E-state index contributed by atoms with van der Waals surface area (Å²) in [6.45, 7) is 0. The molecular formula is C11H10BrNO2. The Bertz CT molecular complexity index is 442. The van der Waals surface area contributed by atoms with E-state index in [4.69, 9.17) is 5.73 Å². The normalized spacial score (nSPS) is 19.0. The predicted molar refractivity (Wildman–Crippen MR) is 60.1 cm³/mol. The molecule has 78 valence electrons. The van der Waals surface area contributed by atoms with Crippen LogP contribution in [0.1, 0.15) is 21.5 Å². The molecule has 0 fully saturated rings. The summed E-state index contributed by atoms with van der Waals surface area (Å²) in [7, 11) is 0. The van der Waals surface area contributed by atoms with Crippen LogP contribution in [0.15, 0.2) is 18.2 Å². The quantitative estimate of drug-likeness (QED) is 0.820. The van der Waals surface area contributed by atoms with Crippen LogP contribution in [0.4, 0.5) is 0 Å². The van der Waals surface area contributed by atoms with E-state index in [-0.39, 0.29) is 22.9 Å². The van der Waals surface area contributed by atoms with Crippen molar-refractivity contribution in [3.05, 3.63) is 34.9 Å². The van der Waals surface area contributed by atoms with Gasteiger partial charge in [-0.1, -0.05) is 34.1 Å². The van der Waals surface area contributed by atoms with Crippen molar-refractivity contribution in [1.82, 2.24) is 0 Å². The molecule has 0 aliphatic heterocycles. The molecule has 0 radical (unpaired) electrons. The molecule has 0 aromatic heterocycles. The molecule has 1 aliphatic rings. The van der Waals surface area contributed by atoms with Crippen LogP contribution < -0.4 is 5.73 Å². The third kappa shape index (κ3) is 1.95. The molecule has 1 aromatic rings. The van der Waals surface area contributed by atoms with Gasteiger partial charge in [0.15, 0.2) is 5.78 Å². The van der Waals surface area contributed by atoms with Gasteiger partial charge in [-0.15, -0.1) is 0 Å². The Morgan fingerprint density at radius 1 is 1.53 bits per heavy atom. The minimum Gasteiger partial charge on any atom is -0.369 e. The molecule has 2 N–H and O–H groups in total. The topological polar surface area (TPSA) is 60.2 Å². The van der Waals surface area contributed by atoms with E-state index in [0.29, 0.717) is 6.42 Å². The predicted octanol–water partition coefficient (Wildman–Crippen LogP) is 1.22. The van der Waals surface area contributed by atoms with E-state index < -0.39 is 0 Å². The lowest BCUT2D eigenvalue weighted by Gasteiger charge is -2.01. The van der Waals surface area contributed by atoms with Gasteiger partial charge in [0, 0.05) is 5.56 Å². The van der Waals surface area contributed by atoms with Crippen molar-refractivity contribution in [2.75, 3.05) is 0 Å². The molecule has 0 saturated carbocycles. The lowest BCUT2D eigenvalue weighted by molar-refractivity contribution is -0.117. The van der Waals surface area contributed by atoms with E-state index in [2.05, 4.69) is 15.9 Å². The van der Waals surface area contributed by atoms with Gasteiger partial charge in [-0.25, -0.2) is 0 Å². The Hall–Kier alpha value is -1.16. The molecule has 1 amide bonds. The highest BCUT2D eigenvalue weighted by atomic mass is 79.9. The van der Waals surface area contributed by atoms with E-state index in [1.165, 1.54) is 0 Å². The monoisotopic (exact) mass is 267 g/mol. The average Bonchev–Trinajstić information content (AvgIpc) is 2.41. The molecular weight excluding hydrogens is 258 g/mol. The van der Waals surface area contributed by atoms with Crippen molar-refractivity contribution in [1.29, 1.82) is 0 Å². The fourth-order valence-corrected chi connectivity index (χ4v) is 2.42. The number of rotatable bonds is 2. The van der Waals surface area contributed by atoms with Crippen LogP contribution in [0, 0.1) is 0 Å². The van der Waals surface area contributed by atoms with E-state index in [1.807, 2.05) is 6.07 Å². The highest BCUT2D eigenvalue weighted by molar-refractivity contribution is 9.10. The SMILES string of the molecule is NC(=O)Cc1ccc2c(c1)CC(Br)C2=O. The van der Waals surface area contributed by atoms with Crippen LogP contribution in [-0.4, -0.2) is 16.5 Å². The number of ketones is 1. The van der Waals surface area contributed by atoms with Gasteiger partial charge in [-0.2, -0.15) is 0 Å². The largest absolute Gasteiger partial charge is 0.369 e. The van der Waals surface area contributed by atoms with Gasteiger partial charge in [0.25, 0.3) is 0 Å². The Balaban J connectivity index is 2.33. The number of fused-ring (bicyclic) bond motifs is 1. The van der Waals surface area contributed by atoms with Gasteiger partial charge in [0.1, 0.15) is 0 Å². The molecule has 2 rings (SSSR count). The minimum absolute atomic E-state index is 0.115. The second kappa shape index (κ2) is 3.77. The first-order chi connectivity index (χ1) is 7.08. The molecule has 0 spiro atoms. The summed E-state index contributed by atoms with van der Waals surface area (Å²) in [4.78, 5) is 22.2. The third-order valence-electron chi connectivity index (χ3n) is 2.50. The number of benzene rings is 1. The number of primary amides is 1. The number of carbonyl (C=O) groups is 2. The first-order valence-corrected chi connectivity index (χ1v) is 5.58. The summed E-state index contributed by atoms with van der Waals surface area (Å²) in [6.07, 6.45) is 0.926. The van der Waals surface area contributed by atoms with Gasteiger partial charge in [0.05, 0.1) is 11.2 Å². The Morgan fingerprint density at radius 2 is 2.27 bits per heavy atom. The van der Waals surface area contributed by atoms with E-state index in [0.717, 1.165) is 16.7 Å². The molecule has 1 atom stereocenters. The maximum Gasteiger partial charge on any atom is 0.221 e. The van der Waals surface area contributed by atoms with Gasteiger partial charge in [-0.05, 0) is 17.5 Å². The number of hydrogen-bond donors (Lipinski definition) is 1. The van der Waals surface area contributed by atoms with Gasteiger partial charge in [0.2, 0.25) is 5.91 Å². The summed E-state index contributed by atoms with van der Waals surface area (Å²) in [5.41, 5.74) is 7.74. The number of halogens is 1. The number of nitrogens with two attached hydrogens (primary N) is 1. The van der Waals surface area contributed by atoms with Crippen LogP contribution in [-0.2, 0) is 17.6 Å². The highest BCUT2D eigenvalue weighted by Gasteiger charge is 2.28. The van der Waals surface area contributed by atoms with E-state index in [9.17, 15) is 9.59 Å². The van der Waals surface area contributed by atoms with Crippen LogP contribution in [0.5, 0.6) is 0 Å². The lowest BCUT2D eigenvalue weighted by atomic mass is 10.0. The van der Waals surface area contributed by atoms with Crippen LogP contribution in [0.25, 0.3) is 0 Å². The zero-order valence-corrected chi connectivity index (χ0v) is 9.58. The minimum atomic E-state index is -0.352. The Morgan fingerprint density at radius 3 is 2.93 bits per heavy atom. The molecule has 0 saturated heterocycles. The molecule has 1 unspecified atom stereocenters. The fraction of sp³-hybridized carbons (Fsp3) is 0.273. The number of hydrogen-bond acceptors (Lipinski definition) is 2. The van der Waals surface area contributed by atoms with Crippen molar-refractivity contribution in [3.63, 3.8) is 0 Å². The smallest absolute Gasteiger partial charge is 0.221 e. The summed E-state index contributed by atoms with van der Waals surface area (Å²) in [5.74, 6) is -0.231. The summed E-state index contributed by atoms with van der Waals surface area (Å²) < 4.78 is 0. The maximum absolute atomic E-state index is 11.6. The molecule has 3 nitrogen and oxygen atoms in total. The Kier molecular flexibility index (Phi) is 2.61. The number of carbonyl (C=O) groups excluding carboxylic acids is 2. The van der Waals surface area contributed by atoms with Crippen molar-refractivity contribution in [3.8, 4) is 0 Å². The summed E-state index contributed by atoms with van der Waals surface area (Å²) in [5, 5.41) is 0. The third-order valence-corrected chi connectivity index (χ3v) is 3.24. The van der Waals surface area contributed by atoms with Crippen LogP contribution in [0.3, 0.4) is 0 Å². The second-order valence-corrected chi connectivity index (χ2v) is 4.78.